The molecule has 0 saturated carbocycles. The van der Waals surface area contributed by atoms with Gasteiger partial charge in [-0.1, -0.05) is 48.0 Å². The highest BCUT2D eigenvalue weighted by Gasteiger charge is 2.76. The summed E-state index contributed by atoms with van der Waals surface area (Å²) in [7, 11) is 0. The van der Waals surface area contributed by atoms with Gasteiger partial charge in [0, 0.05) is 10.5 Å². The molecule has 0 aromatic heterocycles. The molecule has 0 bridgehead atoms. The highest BCUT2D eigenvalue weighted by atomic mass is 16.6. The summed E-state index contributed by atoms with van der Waals surface area (Å²) >= 11 is 0. The van der Waals surface area contributed by atoms with Gasteiger partial charge in [-0.25, -0.2) is 4.79 Å². The summed E-state index contributed by atoms with van der Waals surface area (Å²) in [6.45, 7) is 5.29. The summed E-state index contributed by atoms with van der Waals surface area (Å²) in [4.78, 5) is 38.7. The SMILES string of the molecule is CCOC(=O)[C@H]1N[C@@H](c2ccccc2)[C@]2([N+](=O)[O-])[C@@H](C(=O)OCC)Oc3ccc(C)cc3[C@H]12. The zero-order valence-electron chi connectivity index (χ0n) is 18.6. The molecule has 1 N–H and O–H groups in total. The molecule has 0 amide bonds. The number of aryl methyl sites for hydroxylation is 1. The van der Waals surface area contributed by atoms with E-state index in [9.17, 15) is 19.7 Å². The number of hydrogen-bond acceptors (Lipinski definition) is 8. The standard InChI is InChI=1S/C24H26N2O7/c1-4-31-22(27)19-18-16-13-14(3)11-12-17(16)33-21(23(28)32-5-2)24(18,26(29)30)20(25-19)15-9-7-6-8-10-15/h6-13,18-21,25H,4-5H2,1-3H3/t18-,19+,20+,21-,24+/m1/s1. The Kier molecular flexibility index (Phi) is 6.07. The van der Waals surface area contributed by atoms with Crippen LogP contribution in [0.3, 0.4) is 0 Å². The molecule has 2 aliphatic rings. The molecule has 174 valence electrons. The third-order valence-corrected chi connectivity index (χ3v) is 6.30. The normalized spacial score (nSPS) is 27.6. The predicted octanol–water partition coefficient (Wildman–Crippen LogP) is 2.69. The summed E-state index contributed by atoms with van der Waals surface area (Å²) in [6, 6.07) is 11.9. The van der Waals surface area contributed by atoms with Crippen LogP contribution in [0, 0.1) is 17.0 Å². The zero-order chi connectivity index (χ0) is 23.8. The van der Waals surface area contributed by atoms with E-state index in [4.69, 9.17) is 14.2 Å². The van der Waals surface area contributed by atoms with Crippen molar-refractivity contribution < 1.29 is 28.7 Å². The van der Waals surface area contributed by atoms with Crippen LogP contribution in [-0.2, 0) is 19.1 Å². The summed E-state index contributed by atoms with van der Waals surface area (Å²) < 4.78 is 16.5. The summed E-state index contributed by atoms with van der Waals surface area (Å²) in [5, 5.41) is 16.1. The van der Waals surface area contributed by atoms with Crippen molar-refractivity contribution in [3.05, 3.63) is 75.3 Å². The third-order valence-electron chi connectivity index (χ3n) is 6.30. The number of esters is 2. The summed E-state index contributed by atoms with van der Waals surface area (Å²) in [6.07, 6.45) is -1.58. The quantitative estimate of drug-likeness (QED) is 0.402. The van der Waals surface area contributed by atoms with E-state index in [1.54, 1.807) is 62.4 Å². The van der Waals surface area contributed by atoms with Crippen LogP contribution in [0.5, 0.6) is 5.75 Å². The number of nitrogens with one attached hydrogen (secondary N) is 1. The number of hydrogen-bond donors (Lipinski definition) is 1. The van der Waals surface area contributed by atoms with Crippen molar-refractivity contribution in [3.8, 4) is 5.75 Å². The van der Waals surface area contributed by atoms with Gasteiger partial charge in [-0.05, 0) is 32.4 Å². The maximum absolute atomic E-state index is 13.1. The maximum Gasteiger partial charge on any atom is 0.355 e. The minimum absolute atomic E-state index is 0.0304. The minimum Gasteiger partial charge on any atom is -0.471 e. The van der Waals surface area contributed by atoms with E-state index in [0.29, 0.717) is 16.9 Å². The molecular formula is C24H26N2O7. The lowest BCUT2D eigenvalue weighted by Gasteiger charge is -2.41. The average Bonchev–Trinajstić information content (AvgIpc) is 3.17. The van der Waals surface area contributed by atoms with Crippen molar-refractivity contribution in [2.24, 2.45) is 0 Å². The monoisotopic (exact) mass is 454 g/mol. The van der Waals surface area contributed by atoms with Crippen molar-refractivity contribution in [2.45, 2.75) is 50.4 Å². The smallest absolute Gasteiger partial charge is 0.355 e. The fourth-order valence-corrected chi connectivity index (χ4v) is 5.05. The van der Waals surface area contributed by atoms with Gasteiger partial charge in [-0.2, -0.15) is 0 Å². The summed E-state index contributed by atoms with van der Waals surface area (Å²) in [5.41, 5.74) is -0.169. The summed E-state index contributed by atoms with van der Waals surface area (Å²) in [5.74, 6) is -2.19. The Hall–Kier alpha value is -3.46. The number of benzene rings is 2. The Bertz CT molecular complexity index is 1070. The topological polar surface area (TPSA) is 117 Å². The van der Waals surface area contributed by atoms with Crippen LogP contribution in [0.25, 0.3) is 0 Å². The first-order valence-electron chi connectivity index (χ1n) is 10.9. The van der Waals surface area contributed by atoms with Crippen LogP contribution in [0.4, 0.5) is 0 Å². The van der Waals surface area contributed by atoms with Crippen molar-refractivity contribution in [1.29, 1.82) is 0 Å². The van der Waals surface area contributed by atoms with Crippen LogP contribution < -0.4 is 10.1 Å². The molecule has 2 heterocycles. The number of fused-ring (bicyclic) bond motifs is 3. The van der Waals surface area contributed by atoms with Gasteiger partial charge < -0.3 is 14.2 Å². The van der Waals surface area contributed by atoms with Crippen molar-refractivity contribution >= 4 is 11.9 Å². The number of nitro groups is 1. The molecule has 1 fully saturated rings. The number of nitrogens with zero attached hydrogens (tertiary/aromatic N) is 1. The molecule has 4 rings (SSSR count). The first kappa shape index (κ1) is 22.7. The second-order valence-electron chi connectivity index (χ2n) is 8.15. The molecule has 0 aliphatic carbocycles. The number of rotatable bonds is 6. The number of ether oxygens (including phenoxy) is 3. The van der Waals surface area contributed by atoms with E-state index in [0.717, 1.165) is 5.56 Å². The van der Waals surface area contributed by atoms with Crippen LogP contribution >= 0.6 is 0 Å². The van der Waals surface area contributed by atoms with Crippen LogP contribution in [0.1, 0.15) is 42.5 Å². The van der Waals surface area contributed by atoms with Crippen LogP contribution in [0.2, 0.25) is 0 Å². The maximum atomic E-state index is 13.1. The fourth-order valence-electron chi connectivity index (χ4n) is 5.05. The molecule has 0 unspecified atom stereocenters. The van der Waals surface area contributed by atoms with E-state index in [-0.39, 0.29) is 13.2 Å². The Morgan fingerprint density at radius 1 is 1.09 bits per heavy atom. The molecule has 0 radical (unpaired) electrons. The molecule has 2 aromatic rings. The van der Waals surface area contributed by atoms with Gasteiger partial charge in [-0.15, -0.1) is 0 Å². The Balaban J connectivity index is 2.02. The molecule has 9 nitrogen and oxygen atoms in total. The van der Waals surface area contributed by atoms with Gasteiger partial charge in [0.05, 0.1) is 19.1 Å². The number of carbonyl (C=O) groups excluding carboxylic acids is 2. The fraction of sp³-hybridized carbons (Fsp3) is 0.417. The molecule has 9 heteroatoms. The molecule has 1 saturated heterocycles. The van der Waals surface area contributed by atoms with Gasteiger partial charge in [0.25, 0.3) is 11.6 Å². The van der Waals surface area contributed by atoms with Gasteiger partial charge in [0.15, 0.2) is 0 Å². The first-order chi connectivity index (χ1) is 15.9. The van der Waals surface area contributed by atoms with E-state index in [1.807, 2.05) is 6.92 Å². The van der Waals surface area contributed by atoms with Crippen molar-refractivity contribution in [3.63, 3.8) is 0 Å². The van der Waals surface area contributed by atoms with Gasteiger partial charge in [-0.3, -0.25) is 20.2 Å². The molecule has 5 atom stereocenters. The second kappa shape index (κ2) is 8.82. The lowest BCUT2D eigenvalue weighted by atomic mass is 9.68. The lowest BCUT2D eigenvalue weighted by Crippen LogP contribution is -2.63. The van der Waals surface area contributed by atoms with E-state index in [1.165, 1.54) is 0 Å². The molecule has 33 heavy (non-hydrogen) atoms. The van der Waals surface area contributed by atoms with Crippen molar-refractivity contribution in [1.82, 2.24) is 5.32 Å². The first-order valence-corrected chi connectivity index (χ1v) is 10.9. The highest BCUT2D eigenvalue weighted by molar-refractivity contribution is 5.83. The molecule has 2 aliphatic heterocycles. The number of carbonyl (C=O) groups is 2. The van der Waals surface area contributed by atoms with Crippen molar-refractivity contribution in [2.75, 3.05) is 13.2 Å². The van der Waals surface area contributed by atoms with Gasteiger partial charge in [0.2, 0.25) is 0 Å². The predicted molar refractivity (Wildman–Crippen MR) is 117 cm³/mol. The van der Waals surface area contributed by atoms with Gasteiger partial charge >= 0.3 is 11.9 Å². The third kappa shape index (κ3) is 3.52. The molecular weight excluding hydrogens is 428 g/mol. The second-order valence-corrected chi connectivity index (χ2v) is 8.15. The van der Waals surface area contributed by atoms with Crippen LogP contribution in [-0.4, -0.2) is 47.8 Å². The Morgan fingerprint density at radius 3 is 2.39 bits per heavy atom. The molecule has 2 aromatic carbocycles. The zero-order valence-corrected chi connectivity index (χ0v) is 18.6. The Morgan fingerprint density at radius 2 is 1.76 bits per heavy atom. The van der Waals surface area contributed by atoms with Crippen LogP contribution in [0.15, 0.2) is 48.5 Å². The van der Waals surface area contributed by atoms with Gasteiger partial charge in [0.1, 0.15) is 17.8 Å². The molecule has 0 spiro atoms. The average molecular weight is 454 g/mol. The highest BCUT2D eigenvalue weighted by Crippen LogP contribution is 2.56. The van der Waals surface area contributed by atoms with E-state index < -0.39 is 46.5 Å². The largest absolute Gasteiger partial charge is 0.471 e. The minimum atomic E-state index is -2.05. The lowest BCUT2D eigenvalue weighted by molar-refractivity contribution is -0.586. The Labute approximate surface area is 191 Å². The van der Waals surface area contributed by atoms with E-state index in [2.05, 4.69) is 5.32 Å². The van der Waals surface area contributed by atoms with E-state index >= 15 is 0 Å².